The minimum atomic E-state index is -1.02. The Kier molecular flexibility index (Phi) is 4.97. The molecule has 0 aliphatic carbocycles. The first-order valence-corrected chi connectivity index (χ1v) is 6.46. The van der Waals surface area contributed by atoms with E-state index in [-0.39, 0.29) is 6.42 Å². The SMILES string of the molecule is COC(=O)[C@@H]1CC[C@@H](CC(=O)O)N1C(=O)OC(C)(C)C. The van der Waals surface area contributed by atoms with Crippen LogP contribution in [0.3, 0.4) is 0 Å². The molecule has 0 bridgehead atoms. The highest BCUT2D eigenvalue weighted by Crippen LogP contribution is 2.29. The number of esters is 1. The minimum Gasteiger partial charge on any atom is -0.481 e. The first-order chi connectivity index (χ1) is 9.15. The fraction of sp³-hybridized carbons (Fsp3) is 0.769. The molecule has 20 heavy (non-hydrogen) atoms. The molecule has 2 atom stereocenters. The molecule has 0 aromatic carbocycles. The van der Waals surface area contributed by atoms with Crippen molar-refractivity contribution in [3.8, 4) is 0 Å². The van der Waals surface area contributed by atoms with Gasteiger partial charge in [-0.2, -0.15) is 0 Å². The Bertz CT molecular complexity index is 400. The molecule has 0 unspecified atom stereocenters. The molecule has 7 heteroatoms. The number of carbonyl (C=O) groups excluding carboxylic acids is 2. The van der Waals surface area contributed by atoms with E-state index in [9.17, 15) is 14.4 Å². The van der Waals surface area contributed by atoms with E-state index in [1.54, 1.807) is 20.8 Å². The molecule has 7 nitrogen and oxygen atoms in total. The van der Waals surface area contributed by atoms with Crippen LogP contribution in [-0.4, -0.2) is 52.8 Å². The number of methoxy groups -OCH3 is 1. The molecule has 1 aliphatic heterocycles. The zero-order chi connectivity index (χ0) is 15.5. The van der Waals surface area contributed by atoms with Crippen LogP contribution in [0.2, 0.25) is 0 Å². The predicted molar refractivity (Wildman–Crippen MR) is 69.2 cm³/mol. The number of hydrogen-bond donors (Lipinski definition) is 1. The van der Waals surface area contributed by atoms with E-state index in [4.69, 9.17) is 9.84 Å². The Labute approximate surface area is 117 Å². The van der Waals surface area contributed by atoms with E-state index in [0.29, 0.717) is 12.8 Å². The highest BCUT2D eigenvalue weighted by molar-refractivity contribution is 5.83. The topological polar surface area (TPSA) is 93.1 Å². The monoisotopic (exact) mass is 287 g/mol. The number of carbonyl (C=O) groups is 3. The van der Waals surface area contributed by atoms with Crippen LogP contribution in [0, 0.1) is 0 Å². The molecule has 1 fully saturated rings. The average Bonchev–Trinajstić information content (AvgIpc) is 2.68. The molecular formula is C13H21NO6. The molecule has 1 saturated heterocycles. The van der Waals surface area contributed by atoms with E-state index in [0.717, 1.165) is 0 Å². The van der Waals surface area contributed by atoms with Crippen molar-refractivity contribution >= 4 is 18.0 Å². The summed E-state index contributed by atoms with van der Waals surface area (Å²) in [5.74, 6) is -1.57. The number of rotatable bonds is 3. The fourth-order valence-electron chi connectivity index (χ4n) is 2.24. The van der Waals surface area contributed by atoms with Gasteiger partial charge >= 0.3 is 18.0 Å². The maximum Gasteiger partial charge on any atom is 0.411 e. The van der Waals surface area contributed by atoms with Crippen molar-refractivity contribution < 1.29 is 29.0 Å². The molecule has 1 aliphatic rings. The highest BCUT2D eigenvalue weighted by atomic mass is 16.6. The predicted octanol–water partition coefficient (Wildman–Crippen LogP) is 1.40. The lowest BCUT2D eigenvalue weighted by molar-refractivity contribution is -0.147. The zero-order valence-corrected chi connectivity index (χ0v) is 12.2. The second-order valence-electron chi connectivity index (χ2n) is 5.76. The summed E-state index contributed by atoms with van der Waals surface area (Å²) in [5.41, 5.74) is -0.714. The third-order valence-corrected chi connectivity index (χ3v) is 2.99. The number of likely N-dealkylation sites (tertiary alicyclic amines) is 1. The van der Waals surface area contributed by atoms with Gasteiger partial charge in [-0.15, -0.1) is 0 Å². The number of carboxylic acid groups (broad SMARTS) is 1. The van der Waals surface area contributed by atoms with Gasteiger partial charge in [0.05, 0.1) is 13.5 Å². The molecule has 0 aromatic heterocycles. The number of aliphatic carboxylic acids is 1. The molecule has 0 radical (unpaired) electrons. The zero-order valence-electron chi connectivity index (χ0n) is 12.2. The Balaban J connectivity index is 2.92. The Hall–Kier alpha value is -1.79. The number of ether oxygens (including phenoxy) is 2. The summed E-state index contributed by atoms with van der Waals surface area (Å²) in [6.07, 6.45) is -0.0845. The first-order valence-electron chi connectivity index (χ1n) is 6.46. The summed E-state index contributed by atoms with van der Waals surface area (Å²) in [6.45, 7) is 5.13. The minimum absolute atomic E-state index is 0.216. The van der Waals surface area contributed by atoms with Crippen molar-refractivity contribution in [2.75, 3.05) is 7.11 Å². The normalized spacial score (nSPS) is 22.5. The van der Waals surface area contributed by atoms with Crippen LogP contribution in [0.25, 0.3) is 0 Å². The van der Waals surface area contributed by atoms with Crippen molar-refractivity contribution in [2.24, 2.45) is 0 Å². The average molecular weight is 287 g/mol. The Morgan fingerprint density at radius 2 is 1.85 bits per heavy atom. The molecule has 1 heterocycles. The summed E-state index contributed by atoms with van der Waals surface area (Å²) in [7, 11) is 1.24. The van der Waals surface area contributed by atoms with Gasteiger partial charge in [0.15, 0.2) is 0 Å². The summed E-state index contributed by atoms with van der Waals surface area (Å²) in [6, 6.07) is -1.33. The van der Waals surface area contributed by atoms with Crippen molar-refractivity contribution in [3.63, 3.8) is 0 Å². The van der Waals surface area contributed by atoms with Crippen LogP contribution in [0.4, 0.5) is 4.79 Å². The Morgan fingerprint density at radius 3 is 2.30 bits per heavy atom. The largest absolute Gasteiger partial charge is 0.481 e. The van der Waals surface area contributed by atoms with Gasteiger partial charge < -0.3 is 14.6 Å². The standard InChI is InChI=1S/C13H21NO6/c1-13(2,3)20-12(18)14-8(7-10(15)16)5-6-9(14)11(17)19-4/h8-9H,5-7H2,1-4H3,(H,15,16)/t8-,9-/m0/s1. The van der Waals surface area contributed by atoms with Crippen LogP contribution in [-0.2, 0) is 19.1 Å². The van der Waals surface area contributed by atoms with Crippen LogP contribution in [0.15, 0.2) is 0 Å². The third-order valence-electron chi connectivity index (χ3n) is 2.99. The van der Waals surface area contributed by atoms with Gasteiger partial charge in [0.1, 0.15) is 11.6 Å². The summed E-state index contributed by atoms with van der Waals surface area (Å²) >= 11 is 0. The van der Waals surface area contributed by atoms with Crippen LogP contribution < -0.4 is 0 Å². The number of carboxylic acids is 1. The molecule has 1 rings (SSSR count). The van der Waals surface area contributed by atoms with Gasteiger partial charge in [-0.05, 0) is 33.6 Å². The van der Waals surface area contributed by atoms with E-state index >= 15 is 0 Å². The maximum atomic E-state index is 12.2. The number of amides is 1. The Morgan fingerprint density at radius 1 is 1.25 bits per heavy atom. The van der Waals surface area contributed by atoms with Crippen molar-refractivity contribution in [3.05, 3.63) is 0 Å². The summed E-state index contributed by atoms with van der Waals surface area (Å²) < 4.78 is 9.91. The molecule has 1 amide bonds. The van der Waals surface area contributed by atoms with Gasteiger partial charge in [-0.25, -0.2) is 9.59 Å². The van der Waals surface area contributed by atoms with Crippen molar-refractivity contribution in [1.82, 2.24) is 4.90 Å². The van der Waals surface area contributed by atoms with E-state index in [2.05, 4.69) is 4.74 Å². The van der Waals surface area contributed by atoms with Crippen LogP contribution in [0.1, 0.15) is 40.0 Å². The lowest BCUT2D eigenvalue weighted by atomic mass is 10.1. The molecule has 0 saturated carbocycles. The second-order valence-corrected chi connectivity index (χ2v) is 5.76. The first kappa shape index (κ1) is 16.3. The smallest absolute Gasteiger partial charge is 0.411 e. The molecule has 0 aromatic rings. The van der Waals surface area contributed by atoms with Gasteiger partial charge in [0.2, 0.25) is 0 Å². The van der Waals surface area contributed by atoms with Gasteiger partial charge in [-0.3, -0.25) is 9.69 Å². The van der Waals surface area contributed by atoms with E-state index in [1.165, 1.54) is 12.0 Å². The summed E-state index contributed by atoms with van der Waals surface area (Å²) in [4.78, 5) is 36.0. The lowest BCUT2D eigenvalue weighted by Crippen LogP contribution is -2.48. The van der Waals surface area contributed by atoms with Crippen LogP contribution >= 0.6 is 0 Å². The lowest BCUT2D eigenvalue weighted by Gasteiger charge is -2.31. The third kappa shape index (κ3) is 4.11. The van der Waals surface area contributed by atoms with Gasteiger partial charge in [0, 0.05) is 6.04 Å². The highest BCUT2D eigenvalue weighted by Gasteiger charge is 2.44. The molecular weight excluding hydrogens is 266 g/mol. The van der Waals surface area contributed by atoms with Gasteiger partial charge in [-0.1, -0.05) is 0 Å². The van der Waals surface area contributed by atoms with E-state index in [1.807, 2.05) is 0 Å². The second kappa shape index (κ2) is 6.11. The summed E-state index contributed by atoms with van der Waals surface area (Å²) in [5, 5.41) is 8.89. The molecule has 114 valence electrons. The van der Waals surface area contributed by atoms with Crippen molar-refractivity contribution in [2.45, 2.75) is 57.7 Å². The quantitative estimate of drug-likeness (QED) is 0.789. The maximum absolute atomic E-state index is 12.2. The van der Waals surface area contributed by atoms with Gasteiger partial charge in [0.25, 0.3) is 0 Å². The molecule has 1 N–H and O–H groups in total. The van der Waals surface area contributed by atoms with Crippen molar-refractivity contribution in [1.29, 1.82) is 0 Å². The number of nitrogens with zero attached hydrogens (tertiary/aromatic N) is 1. The van der Waals surface area contributed by atoms with Crippen LogP contribution in [0.5, 0.6) is 0 Å². The van der Waals surface area contributed by atoms with E-state index < -0.39 is 35.7 Å². The fourth-order valence-corrected chi connectivity index (χ4v) is 2.24. The molecule has 0 spiro atoms. The number of hydrogen-bond acceptors (Lipinski definition) is 5.